The van der Waals surface area contributed by atoms with Gasteiger partial charge >= 0.3 is 12.1 Å². The quantitative estimate of drug-likeness (QED) is 0.866. The monoisotopic (exact) mass is 384 g/mol. The summed E-state index contributed by atoms with van der Waals surface area (Å²) in [6.07, 6.45) is -3.30. The Labute approximate surface area is 153 Å². The van der Waals surface area contributed by atoms with Crippen LogP contribution in [0.1, 0.15) is 41.6 Å². The summed E-state index contributed by atoms with van der Waals surface area (Å²) < 4.78 is 39.8. The lowest BCUT2D eigenvalue weighted by atomic mass is 9.79. The fraction of sp³-hybridized carbons (Fsp3) is 0.500. The van der Waals surface area contributed by atoms with Crippen molar-refractivity contribution in [3.05, 3.63) is 29.3 Å². The summed E-state index contributed by atoms with van der Waals surface area (Å²) in [7, 11) is 1.45. The first-order chi connectivity index (χ1) is 12.6. The van der Waals surface area contributed by atoms with Crippen molar-refractivity contribution in [1.82, 2.24) is 4.90 Å². The number of alkyl halides is 3. The molecule has 1 aromatic carbocycles. The minimum atomic E-state index is -4.66. The Bertz CT molecular complexity index is 787. The average Bonchev–Trinajstić information content (AvgIpc) is 2.97. The fourth-order valence-electron chi connectivity index (χ4n) is 3.45. The molecule has 1 aliphatic heterocycles. The number of carboxylic acid groups (broad SMARTS) is 1. The molecule has 0 spiro atoms. The molecule has 0 atom stereocenters. The van der Waals surface area contributed by atoms with Crippen LogP contribution < -0.4 is 4.90 Å². The number of rotatable bonds is 4. The fourth-order valence-corrected chi connectivity index (χ4v) is 3.45. The maximum absolute atomic E-state index is 13.3. The van der Waals surface area contributed by atoms with Crippen LogP contribution in [-0.2, 0) is 15.8 Å². The standard InChI is InChI=1S/C18H19F3N2O4/c1-22(13-7-11(8-13)17(26)27)16(25)10-5-12(18(19,20)21)9-14(6-10)23-4-2-3-15(23)24/h5-6,9,11,13H,2-4,7-8H2,1H3,(H,26,27). The maximum atomic E-state index is 13.3. The van der Waals surface area contributed by atoms with Gasteiger partial charge in [-0.1, -0.05) is 0 Å². The molecule has 1 saturated heterocycles. The summed E-state index contributed by atoms with van der Waals surface area (Å²) in [6.45, 7) is 0.312. The molecular formula is C18H19F3N2O4. The van der Waals surface area contributed by atoms with Crippen molar-refractivity contribution in [2.45, 2.75) is 37.9 Å². The zero-order valence-corrected chi connectivity index (χ0v) is 14.6. The van der Waals surface area contributed by atoms with E-state index >= 15 is 0 Å². The first kappa shape index (κ1) is 19.2. The molecule has 1 saturated carbocycles. The number of carbonyl (C=O) groups is 3. The van der Waals surface area contributed by atoms with Crippen molar-refractivity contribution >= 4 is 23.5 Å². The van der Waals surface area contributed by atoms with E-state index in [9.17, 15) is 27.6 Å². The molecule has 1 heterocycles. The highest BCUT2D eigenvalue weighted by Gasteiger charge is 2.39. The van der Waals surface area contributed by atoms with Crippen molar-refractivity contribution in [1.29, 1.82) is 0 Å². The van der Waals surface area contributed by atoms with Gasteiger partial charge in [0, 0.05) is 37.3 Å². The Morgan fingerprint density at radius 2 is 1.89 bits per heavy atom. The third-order valence-corrected chi connectivity index (χ3v) is 5.21. The van der Waals surface area contributed by atoms with Crippen LogP contribution in [0.2, 0.25) is 0 Å². The Hall–Kier alpha value is -2.58. The maximum Gasteiger partial charge on any atom is 0.416 e. The lowest BCUT2D eigenvalue weighted by molar-refractivity contribution is -0.146. The van der Waals surface area contributed by atoms with E-state index in [0.717, 1.165) is 12.1 Å². The van der Waals surface area contributed by atoms with Gasteiger partial charge in [-0.05, 0) is 37.5 Å². The second-order valence-corrected chi connectivity index (χ2v) is 6.99. The largest absolute Gasteiger partial charge is 0.481 e. The second kappa shape index (κ2) is 6.86. The molecule has 27 heavy (non-hydrogen) atoms. The van der Waals surface area contributed by atoms with Crippen LogP contribution in [0.5, 0.6) is 0 Å². The van der Waals surface area contributed by atoms with E-state index in [4.69, 9.17) is 5.11 Å². The Morgan fingerprint density at radius 1 is 1.22 bits per heavy atom. The predicted molar refractivity (Wildman–Crippen MR) is 89.3 cm³/mol. The number of halogens is 3. The van der Waals surface area contributed by atoms with Gasteiger partial charge in [-0.15, -0.1) is 0 Å². The highest BCUT2D eigenvalue weighted by atomic mass is 19.4. The lowest BCUT2D eigenvalue weighted by Crippen LogP contribution is -2.47. The van der Waals surface area contributed by atoms with Crippen molar-refractivity contribution in [2.24, 2.45) is 5.92 Å². The minimum absolute atomic E-state index is 0.0566. The number of amides is 2. The van der Waals surface area contributed by atoms with Gasteiger partial charge in [0.25, 0.3) is 5.91 Å². The summed E-state index contributed by atoms with van der Waals surface area (Å²) in [5.41, 5.74) is -1.10. The predicted octanol–water partition coefficient (Wildman–Crippen LogP) is 2.77. The van der Waals surface area contributed by atoms with Crippen molar-refractivity contribution in [3.63, 3.8) is 0 Å². The highest BCUT2D eigenvalue weighted by Crippen LogP contribution is 2.36. The normalized spacial score (nSPS) is 22.5. The molecule has 0 bridgehead atoms. The molecule has 0 radical (unpaired) electrons. The Kier molecular flexibility index (Phi) is 4.88. The summed E-state index contributed by atoms with van der Waals surface area (Å²) in [5.74, 6) is -2.38. The van der Waals surface area contributed by atoms with Crippen LogP contribution in [0, 0.1) is 5.92 Å². The number of benzene rings is 1. The van der Waals surface area contributed by atoms with Gasteiger partial charge in [-0.2, -0.15) is 13.2 Å². The molecule has 0 unspecified atom stereocenters. The molecular weight excluding hydrogens is 365 g/mol. The minimum Gasteiger partial charge on any atom is -0.481 e. The summed E-state index contributed by atoms with van der Waals surface area (Å²) in [5, 5.41) is 8.93. The van der Waals surface area contributed by atoms with E-state index in [0.29, 0.717) is 13.0 Å². The van der Waals surface area contributed by atoms with Gasteiger partial charge in [0.05, 0.1) is 11.5 Å². The summed E-state index contributed by atoms with van der Waals surface area (Å²) in [4.78, 5) is 38.0. The SMILES string of the molecule is CN(C(=O)c1cc(N2CCCC2=O)cc(C(F)(F)F)c1)C1CC(C(=O)O)C1. The van der Waals surface area contributed by atoms with E-state index in [1.54, 1.807) is 0 Å². The zero-order valence-electron chi connectivity index (χ0n) is 14.6. The first-order valence-corrected chi connectivity index (χ1v) is 8.60. The molecule has 3 rings (SSSR count). The van der Waals surface area contributed by atoms with Gasteiger partial charge in [-0.3, -0.25) is 14.4 Å². The smallest absolute Gasteiger partial charge is 0.416 e. The van der Waals surface area contributed by atoms with Crippen molar-refractivity contribution < 1.29 is 32.7 Å². The van der Waals surface area contributed by atoms with Crippen molar-refractivity contribution in [3.8, 4) is 0 Å². The van der Waals surface area contributed by atoms with E-state index in [1.807, 2.05) is 0 Å². The van der Waals surface area contributed by atoms with Crippen LogP contribution in [0.4, 0.5) is 18.9 Å². The van der Waals surface area contributed by atoms with Crippen LogP contribution >= 0.6 is 0 Å². The van der Waals surface area contributed by atoms with Crippen LogP contribution in [0.25, 0.3) is 0 Å². The second-order valence-electron chi connectivity index (χ2n) is 6.99. The van der Waals surface area contributed by atoms with Crippen LogP contribution in [-0.4, -0.2) is 47.4 Å². The average molecular weight is 384 g/mol. The molecule has 1 N–H and O–H groups in total. The lowest BCUT2D eigenvalue weighted by Gasteiger charge is -2.39. The Morgan fingerprint density at radius 3 is 2.41 bits per heavy atom. The van der Waals surface area contributed by atoms with Gasteiger partial charge in [0.15, 0.2) is 0 Å². The molecule has 1 aliphatic carbocycles. The first-order valence-electron chi connectivity index (χ1n) is 8.60. The molecule has 2 amide bonds. The summed E-state index contributed by atoms with van der Waals surface area (Å²) in [6, 6.07) is 2.62. The van der Waals surface area contributed by atoms with E-state index in [1.165, 1.54) is 22.9 Å². The van der Waals surface area contributed by atoms with E-state index < -0.39 is 29.5 Å². The van der Waals surface area contributed by atoms with Crippen LogP contribution in [0.15, 0.2) is 18.2 Å². The van der Waals surface area contributed by atoms with Gasteiger partial charge in [0.2, 0.25) is 5.91 Å². The number of hydrogen-bond donors (Lipinski definition) is 1. The number of carbonyl (C=O) groups excluding carboxylic acids is 2. The van der Waals surface area contributed by atoms with Crippen molar-refractivity contribution in [2.75, 3.05) is 18.5 Å². The number of anilines is 1. The van der Waals surface area contributed by atoms with E-state index in [2.05, 4.69) is 0 Å². The third-order valence-electron chi connectivity index (χ3n) is 5.21. The molecule has 2 fully saturated rings. The summed E-state index contributed by atoms with van der Waals surface area (Å²) >= 11 is 0. The number of carboxylic acids is 1. The zero-order chi connectivity index (χ0) is 19.9. The third kappa shape index (κ3) is 3.77. The van der Waals surface area contributed by atoms with Crippen LogP contribution in [0.3, 0.4) is 0 Å². The Balaban J connectivity index is 1.88. The molecule has 1 aromatic rings. The molecule has 146 valence electrons. The molecule has 0 aromatic heterocycles. The topological polar surface area (TPSA) is 77.9 Å². The molecule has 6 nitrogen and oxygen atoms in total. The highest BCUT2D eigenvalue weighted by molar-refractivity contribution is 5.99. The number of nitrogens with zero attached hydrogens (tertiary/aromatic N) is 2. The number of aliphatic carboxylic acids is 1. The van der Waals surface area contributed by atoms with Gasteiger partial charge < -0.3 is 14.9 Å². The van der Waals surface area contributed by atoms with Gasteiger partial charge in [0.1, 0.15) is 0 Å². The van der Waals surface area contributed by atoms with E-state index in [-0.39, 0.29) is 42.5 Å². The van der Waals surface area contributed by atoms with Gasteiger partial charge in [-0.25, -0.2) is 0 Å². The number of hydrogen-bond acceptors (Lipinski definition) is 3. The molecule has 2 aliphatic rings. The molecule has 9 heteroatoms.